The Balaban J connectivity index is 4.35. The van der Waals surface area contributed by atoms with Gasteiger partial charge in [0.15, 0.2) is 0 Å². The van der Waals surface area contributed by atoms with Crippen LogP contribution in [0.4, 0.5) is 0 Å². The van der Waals surface area contributed by atoms with Crippen LogP contribution in [0.5, 0.6) is 0 Å². The molecule has 0 aromatic carbocycles. The molecule has 5 heteroatoms. The van der Waals surface area contributed by atoms with Crippen LogP contribution in [0, 0.1) is 5.92 Å². The molecule has 0 fully saturated rings. The molecule has 0 saturated heterocycles. The standard InChI is InChI=1S/C13H27N3O2/c1-6-16(7-2)12(17)9-15(5)13(18)11(14)8-10(3)4/h10-11H,6-9,14H2,1-5H3/t11-/m0/s1. The molecule has 0 unspecified atom stereocenters. The zero-order valence-corrected chi connectivity index (χ0v) is 12.3. The monoisotopic (exact) mass is 257 g/mol. The van der Waals surface area contributed by atoms with Crippen molar-refractivity contribution in [3.8, 4) is 0 Å². The average molecular weight is 257 g/mol. The molecule has 0 saturated carbocycles. The Kier molecular flexibility index (Phi) is 7.59. The lowest BCUT2D eigenvalue weighted by Crippen LogP contribution is -2.47. The molecule has 0 radical (unpaired) electrons. The van der Waals surface area contributed by atoms with Gasteiger partial charge < -0.3 is 15.5 Å². The smallest absolute Gasteiger partial charge is 0.242 e. The van der Waals surface area contributed by atoms with Crippen LogP contribution in [0.15, 0.2) is 0 Å². The molecule has 5 nitrogen and oxygen atoms in total. The Morgan fingerprint density at radius 3 is 2.06 bits per heavy atom. The number of nitrogens with zero attached hydrogens (tertiary/aromatic N) is 2. The predicted molar refractivity (Wildman–Crippen MR) is 73.0 cm³/mol. The summed E-state index contributed by atoms with van der Waals surface area (Å²) in [6.07, 6.45) is 0.642. The van der Waals surface area contributed by atoms with Crippen molar-refractivity contribution in [3.05, 3.63) is 0 Å². The predicted octanol–water partition coefficient (Wildman–Crippen LogP) is 0.687. The number of rotatable bonds is 7. The average Bonchev–Trinajstić information content (AvgIpc) is 2.28. The summed E-state index contributed by atoms with van der Waals surface area (Å²) in [7, 11) is 1.63. The lowest BCUT2D eigenvalue weighted by atomic mass is 10.0. The van der Waals surface area contributed by atoms with E-state index in [9.17, 15) is 9.59 Å². The molecule has 0 spiro atoms. The van der Waals surface area contributed by atoms with Crippen molar-refractivity contribution in [1.29, 1.82) is 0 Å². The third-order valence-corrected chi connectivity index (χ3v) is 2.91. The maximum atomic E-state index is 11.9. The van der Waals surface area contributed by atoms with Crippen molar-refractivity contribution in [2.45, 2.75) is 40.2 Å². The van der Waals surface area contributed by atoms with E-state index in [0.717, 1.165) is 0 Å². The number of nitrogens with two attached hydrogens (primary N) is 1. The number of carbonyl (C=O) groups is 2. The van der Waals surface area contributed by atoms with Gasteiger partial charge >= 0.3 is 0 Å². The molecule has 0 aliphatic carbocycles. The van der Waals surface area contributed by atoms with Gasteiger partial charge in [-0.1, -0.05) is 13.8 Å². The number of likely N-dealkylation sites (N-methyl/N-ethyl adjacent to an activating group) is 2. The molecule has 2 N–H and O–H groups in total. The van der Waals surface area contributed by atoms with E-state index in [2.05, 4.69) is 0 Å². The second-order valence-corrected chi connectivity index (χ2v) is 5.00. The number of carbonyl (C=O) groups excluding carboxylic acids is 2. The summed E-state index contributed by atoms with van der Waals surface area (Å²) in [5.41, 5.74) is 5.82. The minimum atomic E-state index is -0.514. The highest BCUT2D eigenvalue weighted by atomic mass is 16.2. The van der Waals surface area contributed by atoms with E-state index in [1.807, 2.05) is 27.7 Å². The normalized spacial score (nSPS) is 12.4. The highest BCUT2D eigenvalue weighted by Gasteiger charge is 2.22. The van der Waals surface area contributed by atoms with Crippen LogP contribution in [-0.2, 0) is 9.59 Å². The fourth-order valence-electron chi connectivity index (χ4n) is 1.85. The summed E-state index contributed by atoms with van der Waals surface area (Å²) in [5, 5.41) is 0. The summed E-state index contributed by atoms with van der Waals surface area (Å²) in [4.78, 5) is 26.9. The summed E-state index contributed by atoms with van der Waals surface area (Å²) < 4.78 is 0. The summed E-state index contributed by atoms with van der Waals surface area (Å²) in [6.45, 7) is 9.32. The number of hydrogen-bond donors (Lipinski definition) is 1. The second kappa shape index (κ2) is 8.08. The Morgan fingerprint density at radius 1 is 1.17 bits per heavy atom. The molecule has 0 aliphatic rings. The fraction of sp³-hybridized carbons (Fsp3) is 0.846. The van der Waals surface area contributed by atoms with Gasteiger partial charge in [-0.25, -0.2) is 0 Å². The quantitative estimate of drug-likeness (QED) is 0.729. The molecular formula is C13H27N3O2. The first-order chi connectivity index (χ1) is 8.33. The molecule has 0 heterocycles. The van der Waals surface area contributed by atoms with E-state index in [0.29, 0.717) is 25.4 Å². The highest BCUT2D eigenvalue weighted by Crippen LogP contribution is 2.05. The van der Waals surface area contributed by atoms with Crippen molar-refractivity contribution in [2.75, 3.05) is 26.7 Å². The first-order valence-electron chi connectivity index (χ1n) is 6.61. The van der Waals surface area contributed by atoms with Crippen LogP contribution >= 0.6 is 0 Å². The lowest BCUT2D eigenvalue weighted by molar-refractivity contribution is -0.140. The maximum Gasteiger partial charge on any atom is 0.242 e. The van der Waals surface area contributed by atoms with E-state index in [-0.39, 0.29) is 18.4 Å². The highest BCUT2D eigenvalue weighted by molar-refractivity contribution is 5.87. The number of amides is 2. The molecule has 0 aliphatic heterocycles. The van der Waals surface area contributed by atoms with Crippen LogP contribution in [0.25, 0.3) is 0 Å². The molecule has 18 heavy (non-hydrogen) atoms. The molecule has 106 valence electrons. The van der Waals surface area contributed by atoms with Gasteiger partial charge in [-0.2, -0.15) is 0 Å². The van der Waals surface area contributed by atoms with Crippen LogP contribution in [0.1, 0.15) is 34.1 Å². The van der Waals surface area contributed by atoms with Crippen molar-refractivity contribution in [2.24, 2.45) is 11.7 Å². The molecular weight excluding hydrogens is 230 g/mol. The van der Waals surface area contributed by atoms with Crippen LogP contribution in [0.3, 0.4) is 0 Å². The third kappa shape index (κ3) is 5.49. The molecule has 0 rings (SSSR count). The van der Waals surface area contributed by atoms with Crippen molar-refractivity contribution < 1.29 is 9.59 Å². The maximum absolute atomic E-state index is 11.9. The zero-order chi connectivity index (χ0) is 14.3. The lowest BCUT2D eigenvalue weighted by Gasteiger charge is -2.25. The Labute approximate surface area is 110 Å². The first kappa shape index (κ1) is 16.9. The third-order valence-electron chi connectivity index (χ3n) is 2.91. The van der Waals surface area contributed by atoms with Gasteiger partial charge in [-0.05, 0) is 26.2 Å². The second-order valence-electron chi connectivity index (χ2n) is 5.00. The van der Waals surface area contributed by atoms with Gasteiger partial charge in [-0.15, -0.1) is 0 Å². The molecule has 2 amide bonds. The molecule has 0 bridgehead atoms. The first-order valence-corrected chi connectivity index (χ1v) is 6.61. The van der Waals surface area contributed by atoms with Gasteiger partial charge in [-0.3, -0.25) is 9.59 Å². The zero-order valence-electron chi connectivity index (χ0n) is 12.3. The minimum Gasteiger partial charge on any atom is -0.342 e. The van der Waals surface area contributed by atoms with Gasteiger partial charge in [0.25, 0.3) is 0 Å². The van der Waals surface area contributed by atoms with E-state index >= 15 is 0 Å². The molecule has 0 aromatic heterocycles. The SMILES string of the molecule is CCN(CC)C(=O)CN(C)C(=O)[C@@H](N)CC(C)C. The summed E-state index contributed by atoms with van der Waals surface area (Å²) in [5.74, 6) is 0.174. The van der Waals surface area contributed by atoms with Gasteiger partial charge in [0.05, 0.1) is 12.6 Å². The summed E-state index contributed by atoms with van der Waals surface area (Å²) in [6, 6.07) is -0.514. The van der Waals surface area contributed by atoms with E-state index in [1.54, 1.807) is 11.9 Å². The van der Waals surface area contributed by atoms with Gasteiger partial charge in [0.2, 0.25) is 11.8 Å². The topological polar surface area (TPSA) is 66.6 Å². The van der Waals surface area contributed by atoms with E-state index in [4.69, 9.17) is 5.73 Å². The van der Waals surface area contributed by atoms with Gasteiger partial charge in [0.1, 0.15) is 0 Å². The Bertz CT molecular complexity index is 275. The van der Waals surface area contributed by atoms with E-state index < -0.39 is 6.04 Å². The Morgan fingerprint density at radius 2 is 1.67 bits per heavy atom. The van der Waals surface area contributed by atoms with Crippen LogP contribution < -0.4 is 5.73 Å². The van der Waals surface area contributed by atoms with Crippen molar-refractivity contribution >= 4 is 11.8 Å². The van der Waals surface area contributed by atoms with Crippen LogP contribution in [-0.4, -0.2) is 54.3 Å². The fourth-order valence-corrected chi connectivity index (χ4v) is 1.85. The molecule has 1 atom stereocenters. The van der Waals surface area contributed by atoms with Crippen LogP contribution in [0.2, 0.25) is 0 Å². The van der Waals surface area contributed by atoms with Gasteiger partial charge in [0, 0.05) is 20.1 Å². The minimum absolute atomic E-state index is 0.0346. The van der Waals surface area contributed by atoms with E-state index in [1.165, 1.54) is 4.90 Å². The van der Waals surface area contributed by atoms with Crippen molar-refractivity contribution in [3.63, 3.8) is 0 Å². The summed E-state index contributed by atoms with van der Waals surface area (Å²) >= 11 is 0. The number of hydrogen-bond acceptors (Lipinski definition) is 3. The molecule has 0 aromatic rings. The largest absolute Gasteiger partial charge is 0.342 e. The Hall–Kier alpha value is -1.10. The van der Waals surface area contributed by atoms with Crippen molar-refractivity contribution in [1.82, 2.24) is 9.80 Å².